The summed E-state index contributed by atoms with van der Waals surface area (Å²) in [5, 5.41) is 8.91. The Kier molecular flexibility index (Phi) is 4.28. The van der Waals surface area contributed by atoms with Crippen molar-refractivity contribution >= 4 is 22.8 Å². The molecule has 3 N–H and O–H groups in total. The van der Waals surface area contributed by atoms with E-state index in [0.29, 0.717) is 5.69 Å². The molecule has 2 aromatic heterocycles. The van der Waals surface area contributed by atoms with E-state index in [1.165, 1.54) is 17.3 Å². The van der Waals surface area contributed by atoms with Gasteiger partial charge in [-0.1, -0.05) is 24.3 Å². The number of pyridine rings is 1. The third-order valence-corrected chi connectivity index (χ3v) is 5.67. The number of fused-ring (bicyclic) bond motifs is 3. The van der Waals surface area contributed by atoms with Crippen LogP contribution in [0.5, 0.6) is 0 Å². The first-order chi connectivity index (χ1) is 14.3. The maximum absolute atomic E-state index is 7.86. The van der Waals surface area contributed by atoms with Crippen LogP contribution in [0.3, 0.4) is 0 Å². The van der Waals surface area contributed by atoms with Gasteiger partial charge in [0.2, 0.25) is 0 Å². The first kappa shape index (κ1) is 17.5. The van der Waals surface area contributed by atoms with Crippen LogP contribution in [0.25, 0.3) is 33.5 Å². The van der Waals surface area contributed by atoms with Crippen LogP contribution in [0.4, 0.5) is 5.69 Å². The molecule has 0 amide bonds. The van der Waals surface area contributed by atoms with E-state index in [9.17, 15) is 0 Å². The minimum Gasteiger partial charge on any atom is -0.398 e. The average Bonchev–Trinajstić information content (AvgIpc) is 2.79. The summed E-state index contributed by atoms with van der Waals surface area (Å²) in [6.07, 6.45) is 9.19. The molecule has 0 unspecified atom stereocenters. The van der Waals surface area contributed by atoms with Crippen LogP contribution in [-0.2, 0) is 12.8 Å². The molecule has 1 aliphatic rings. The highest BCUT2D eigenvalue weighted by Gasteiger charge is 2.21. The Morgan fingerprint density at radius 2 is 1.55 bits per heavy atom. The highest BCUT2D eigenvalue weighted by Crippen LogP contribution is 2.37. The van der Waals surface area contributed by atoms with E-state index in [1.54, 1.807) is 12.4 Å². The van der Waals surface area contributed by atoms with E-state index in [-0.39, 0.29) is 0 Å². The van der Waals surface area contributed by atoms with Gasteiger partial charge in [0.1, 0.15) is 0 Å². The van der Waals surface area contributed by atoms with Gasteiger partial charge in [0.25, 0.3) is 0 Å². The van der Waals surface area contributed by atoms with E-state index in [0.717, 1.165) is 64.8 Å². The SMILES string of the molecule is N=Cc1c(N)ccc2nc(-c3ccc(-c4ncccn4)cc3)c3c(c12)CCCC3. The first-order valence-corrected chi connectivity index (χ1v) is 9.88. The second kappa shape index (κ2) is 7.09. The fourth-order valence-electron chi connectivity index (χ4n) is 4.28. The Morgan fingerprint density at radius 1 is 0.862 bits per heavy atom. The Hall–Kier alpha value is -3.60. The van der Waals surface area contributed by atoms with Gasteiger partial charge >= 0.3 is 0 Å². The fourth-order valence-corrected chi connectivity index (χ4v) is 4.28. The highest BCUT2D eigenvalue weighted by molar-refractivity contribution is 6.05. The zero-order valence-corrected chi connectivity index (χ0v) is 16.0. The number of nitrogens with zero attached hydrogens (tertiary/aromatic N) is 3. The lowest BCUT2D eigenvalue weighted by Gasteiger charge is -2.23. The molecule has 4 aromatic rings. The molecule has 0 radical (unpaired) electrons. The van der Waals surface area contributed by atoms with Crippen LogP contribution in [0.1, 0.15) is 29.5 Å². The molecule has 0 bridgehead atoms. The monoisotopic (exact) mass is 379 g/mol. The number of rotatable bonds is 3. The first-order valence-electron chi connectivity index (χ1n) is 9.88. The molecule has 0 aliphatic heterocycles. The predicted octanol–water partition coefficient (Wildman–Crippen LogP) is 4.82. The van der Waals surface area contributed by atoms with Crippen LogP contribution >= 0.6 is 0 Å². The maximum atomic E-state index is 7.86. The molecule has 5 nitrogen and oxygen atoms in total. The zero-order valence-electron chi connectivity index (χ0n) is 16.0. The van der Waals surface area contributed by atoms with Gasteiger partial charge in [-0.25, -0.2) is 15.0 Å². The van der Waals surface area contributed by atoms with Crippen molar-refractivity contribution in [2.24, 2.45) is 0 Å². The molecular formula is C24H21N5. The van der Waals surface area contributed by atoms with Gasteiger partial charge in [-0.2, -0.15) is 0 Å². The van der Waals surface area contributed by atoms with Crippen LogP contribution < -0.4 is 5.73 Å². The minimum absolute atomic E-state index is 0.641. The lowest BCUT2D eigenvalue weighted by Crippen LogP contribution is -2.09. The van der Waals surface area contributed by atoms with Gasteiger partial charge in [-0.15, -0.1) is 0 Å². The molecule has 0 spiro atoms. The number of anilines is 1. The van der Waals surface area contributed by atoms with E-state index in [2.05, 4.69) is 34.2 Å². The van der Waals surface area contributed by atoms with E-state index >= 15 is 0 Å². The highest BCUT2D eigenvalue weighted by atomic mass is 14.8. The Labute approximate surface area is 169 Å². The van der Waals surface area contributed by atoms with E-state index in [4.69, 9.17) is 16.1 Å². The maximum Gasteiger partial charge on any atom is 0.159 e. The summed E-state index contributed by atoms with van der Waals surface area (Å²) >= 11 is 0. The molecule has 0 fully saturated rings. The largest absolute Gasteiger partial charge is 0.398 e. The van der Waals surface area contributed by atoms with Crippen LogP contribution in [0.15, 0.2) is 54.9 Å². The zero-order chi connectivity index (χ0) is 19.8. The van der Waals surface area contributed by atoms with Crippen LogP contribution in [0.2, 0.25) is 0 Å². The number of hydrogen-bond acceptors (Lipinski definition) is 5. The Bertz CT molecular complexity index is 1210. The molecule has 142 valence electrons. The van der Waals surface area contributed by atoms with Crippen molar-refractivity contribution in [1.82, 2.24) is 15.0 Å². The molecule has 2 aromatic carbocycles. The summed E-state index contributed by atoms with van der Waals surface area (Å²) in [5.74, 6) is 0.721. The number of nitrogen functional groups attached to an aromatic ring is 1. The third-order valence-electron chi connectivity index (χ3n) is 5.67. The second-order valence-electron chi connectivity index (χ2n) is 7.38. The molecule has 0 saturated carbocycles. The smallest absolute Gasteiger partial charge is 0.159 e. The number of aryl methyl sites for hydroxylation is 1. The van der Waals surface area contributed by atoms with Crippen molar-refractivity contribution in [3.05, 3.63) is 71.5 Å². The Balaban J connectivity index is 1.69. The van der Waals surface area contributed by atoms with Crippen molar-refractivity contribution in [2.45, 2.75) is 25.7 Å². The summed E-state index contributed by atoms with van der Waals surface area (Å²) in [5.41, 5.74) is 14.2. The van der Waals surface area contributed by atoms with Gasteiger partial charge in [-0.3, -0.25) is 0 Å². The number of nitrogens with two attached hydrogens (primary N) is 1. The van der Waals surface area contributed by atoms with Gasteiger partial charge < -0.3 is 11.1 Å². The van der Waals surface area contributed by atoms with Crippen molar-refractivity contribution < 1.29 is 0 Å². The molecular weight excluding hydrogens is 358 g/mol. The summed E-state index contributed by atoms with van der Waals surface area (Å²) in [6, 6.07) is 14.0. The summed E-state index contributed by atoms with van der Waals surface area (Å²) in [7, 11) is 0. The predicted molar refractivity (Wildman–Crippen MR) is 117 cm³/mol. The number of nitrogens with one attached hydrogen (secondary N) is 1. The Morgan fingerprint density at radius 3 is 2.28 bits per heavy atom. The quantitative estimate of drug-likeness (QED) is 0.395. The molecule has 29 heavy (non-hydrogen) atoms. The molecule has 1 aliphatic carbocycles. The molecule has 0 atom stereocenters. The van der Waals surface area contributed by atoms with Gasteiger partial charge in [0, 0.05) is 46.4 Å². The van der Waals surface area contributed by atoms with Crippen LogP contribution in [0, 0.1) is 5.41 Å². The average molecular weight is 379 g/mol. The molecule has 0 saturated heterocycles. The van der Waals surface area contributed by atoms with Crippen molar-refractivity contribution in [1.29, 1.82) is 5.41 Å². The van der Waals surface area contributed by atoms with Crippen molar-refractivity contribution in [3.8, 4) is 22.6 Å². The molecule has 5 rings (SSSR count). The lowest BCUT2D eigenvalue weighted by atomic mass is 9.85. The standard InChI is InChI=1S/C24H21N5/c25-14-19-20(26)10-11-21-22(19)17-4-1-2-5-18(17)23(29-21)15-6-8-16(9-7-15)24-27-12-3-13-28-24/h3,6-14,25H,1-2,4-5,26H2. The van der Waals surface area contributed by atoms with E-state index < -0.39 is 0 Å². The topological polar surface area (TPSA) is 88.5 Å². The summed E-state index contributed by atoms with van der Waals surface area (Å²) < 4.78 is 0. The molecule has 5 heteroatoms. The second-order valence-corrected chi connectivity index (χ2v) is 7.38. The van der Waals surface area contributed by atoms with Crippen LogP contribution in [-0.4, -0.2) is 21.2 Å². The normalized spacial score (nSPS) is 13.2. The number of hydrogen-bond donors (Lipinski definition) is 2. The van der Waals surface area contributed by atoms with Crippen molar-refractivity contribution in [3.63, 3.8) is 0 Å². The fraction of sp³-hybridized carbons (Fsp3) is 0.167. The van der Waals surface area contributed by atoms with Crippen molar-refractivity contribution in [2.75, 3.05) is 5.73 Å². The van der Waals surface area contributed by atoms with Gasteiger partial charge in [-0.05, 0) is 55.0 Å². The minimum atomic E-state index is 0.641. The number of benzene rings is 2. The van der Waals surface area contributed by atoms with Gasteiger partial charge in [0.15, 0.2) is 5.82 Å². The van der Waals surface area contributed by atoms with Gasteiger partial charge in [0.05, 0.1) is 11.2 Å². The third kappa shape index (κ3) is 2.95. The summed E-state index contributed by atoms with van der Waals surface area (Å²) in [4.78, 5) is 13.7. The van der Waals surface area contributed by atoms with E-state index in [1.807, 2.05) is 18.2 Å². The summed E-state index contributed by atoms with van der Waals surface area (Å²) in [6.45, 7) is 0. The number of aromatic nitrogens is 3. The molecule has 2 heterocycles. The lowest BCUT2D eigenvalue weighted by molar-refractivity contribution is 0.689.